The molecule has 0 aliphatic carbocycles. The third-order valence-electron chi connectivity index (χ3n) is 2.69. The van der Waals surface area contributed by atoms with Gasteiger partial charge < -0.3 is 4.74 Å². The standard InChI is InChI=1S/C16H11F3O/c1-3-12-8-14(13-6-4-11(2)5-7-13)10-15(9-12)20-16(17,18)19/h1,4-10H,2H3. The van der Waals surface area contributed by atoms with Gasteiger partial charge in [-0.3, -0.25) is 0 Å². The molecule has 2 rings (SSSR count). The summed E-state index contributed by atoms with van der Waals surface area (Å²) < 4.78 is 40.8. The molecule has 0 heterocycles. The lowest BCUT2D eigenvalue weighted by Crippen LogP contribution is -2.17. The van der Waals surface area contributed by atoms with Crippen molar-refractivity contribution in [2.45, 2.75) is 13.3 Å². The molecule has 0 spiro atoms. The highest BCUT2D eigenvalue weighted by molar-refractivity contribution is 5.67. The fourth-order valence-electron chi connectivity index (χ4n) is 1.79. The first-order valence-electron chi connectivity index (χ1n) is 5.82. The van der Waals surface area contributed by atoms with Crippen molar-refractivity contribution in [2.24, 2.45) is 0 Å². The van der Waals surface area contributed by atoms with E-state index in [2.05, 4.69) is 10.7 Å². The maximum Gasteiger partial charge on any atom is 0.573 e. The predicted octanol–water partition coefficient (Wildman–Crippen LogP) is 4.54. The Morgan fingerprint density at radius 1 is 1.00 bits per heavy atom. The second-order valence-corrected chi connectivity index (χ2v) is 4.30. The first kappa shape index (κ1) is 14.0. The molecule has 102 valence electrons. The van der Waals surface area contributed by atoms with E-state index in [9.17, 15) is 13.2 Å². The second kappa shape index (κ2) is 5.30. The Bertz CT molecular complexity index is 649. The SMILES string of the molecule is C#Cc1cc(OC(F)(F)F)cc(-c2ccc(C)cc2)c1. The van der Waals surface area contributed by atoms with E-state index in [0.717, 1.165) is 11.1 Å². The van der Waals surface area contributed by atoms with E-state index >= 15 is 0 Å². The van der Waals surface area contributed by atoms with E-state index in [1.54, 1.807) is 6.07 Å². The van der Waals surface area contributed by atoms with Crippen LogP contribution in [0.2, 0.25) is 0 Å². The molecular formula is C16H11F3O. The van der Waals surface area contributed by atoms with Crippen LogP contribution in [0, 0.1) is 19.3 Å². The number of ether oxygens (including phenoxy) is 1. The van der Waals surface area contributed by atoms with Crippen LogP contribution in [-0.4, -0.2) is 6.36 Å². The Morgan fingerprint density at radius 3 is 2.20 bits per heavy atom. The van der Waals surface area contributed by atoms with Crippen molar-refractivity contribution in [3.63, 3.8) is 0 Å². The molecule has 0 N–H and O–H groups in total. The Kier molecular flexibility index (Phi) is 3.71. The Hall–Kier alpha value is -2.41. The maximum atomic E-state index is 12.3. The lowest BCUT2D eigenvalue weighted by atomic mass is 10.0. The molecule has 0 amide bonds. The lowest BCUT2D eigenvalue weighted by molar-refractivity contribution is -0.274. The van der Waals surface area contributed by atoms with Gasteiger partial charge >= 0.3 is 6.36 Å². The molecule has 2 aromatic carbocycles. The molecular weight excluding hydrogens is 265 g/mol. The zero-order valence-corrected chi connectivity index (χ0v) is 10.7. The summed E-state index contributed by atoms with van der Waals surface area (Å²) in [5.74, 6) is 2.01. The van der Waals surface area contributed by atoms with Crippen LogP contribution in [0.3, 0.4) is 0 Å². The zero-order chi connectivity index (χ0) is 14.8. The number of hydrogen-bond acceptors (Lipinski definition) is 1. The van der Waals surface area contributed by atoms with E-state index < -0.39 is 6.36 Å². The fraction of sp³-hybridized carbons (Fsp3) is 0.125. The summed E-state index contributed by atoms with van der Waals surface area (Å²) in [6, 6.07) is 11.5. The third kappa shape index (κ3) is 3.55. The molecule has 0 aliphatic rings. The van der Waals surface area contributed by atoms with E-state index in [4.69, 9.17) is 6.42 Å². The van der Waals surface area contributed by atoms with E-state index in [1.165, 1.54) is 12.1 Å². The molecule has 0 saturated carbocycles. The molecule has 0 bridgehead atoms. The molecule has 0 unspecified atom stereocenters. The normalized spacial score (nSPS) is 10.9. The molecule has 20 heavy (non-hydrogen) atoms. The average molecular weight is 276 g/mol. The molecule has 4 heteroatoms. The smallest absolute Gasteiger partial charge is 0.406 e. The van der Waals surface area contributed by atoms with Gasteiger partial charge in [-0.05, 0) is 36.2 Å². The van der Waals surface area contributed by atoms with E-state index in [-0.39, 0.29) is 5.75 Å². The minimum atomic E-state index is -4.74. The molecule has 0 saturated heterocycles. The van der Waals surface area contributed by atoms with Crippen LogP contribution in [-0.2, 0) is 0 Å². The lowest BCUT2D eigenvalue weighted by Gasteiger charge is -2.11. The van der Waals surface area contributed by atoms with Crippen molar-refractivity contribution < 1.29 is 17.9 Å². The van der Waals surface area contributed by atoms with Crippen LogP contribution in [0.5, 0.6) is 5.75 Å². The Morgan fingerprint density at radius 2 is 1.65 bits per heavy atom. The summed E-state index contributed by atoms with van der Waals surface area (Å²) in [5, 5.41) is 0. The summed E-state index contributed by atoms with van der Waals surface area (Å²) in [7, 11) is 0. The van der Waals surface area contributed by atoms with Crippen molar-refractivity contribution in [1.82, 2.24) is 0 Å². The minimum absolute atomic E-state index is 0.316. The van der Waals surface area contributed by atoms with Crippen molar-refractivity contribution in [2.75, 3.05) is 0 Å². The van der Waals surface area contributed by atoms with Crippen molar-refractivity contribution in [3.05, 3.63) is 53.6 Å². The summed E-state index contributed by atoms with van der Waals surface area (Å²) in [6.45, 7) is 1.93. The molecule has 0 radical (unpaired) electrons. The van der Waals surface area contributed by atoms with Crippen molar-refractivity contribution >= 4 is 0 Å². The van der Waals surface area contributed by atoms with Crippen LogP contribution < -0.4 is 4.74 Å². The van der Waals surface area contributed by atoms with Gasteiger partial charge in [0, 0.05) is 5.56 Å². The summed E-state index contributed by atoms with van der Waals surface area (Å²) >= 11 is 0. The number of terminal acetylenes is 1. The minimum Gasteiger partial charge on any atom is -0.406 e. The van der Waals surface area contributed by atoms with Gasteiger partial charge in [0.05, 0.1) is 0 Å². The summed E-state index contributed by atoms with van der Waals surface area (Å²) in [5.41, 5.74) is 2.76. The number of benzene rings is 2. The quantitative estimate of drug-likeness (QED) is 0.732. The molecule has 0 aliphatic heterocycles. The average Bonchev–Trinajstić information content (AvgIpc) is 2.37. The molecule has 2 aromatic rings. The largest absolute Gasteiger partial charge is 0.573 e. The molecule has 0 aromatic heterocycles. The van der Waals surface area contributed by atoms with E-state index in [1.807, 2.05) is 31.2 Å². The second-order valence-electron chi connectivity index (χ2n) is 4.30. The number of rotatable bonds is 2. The Balaban J connectivity index is 2.46. The van der Waals surface area contributed by atoms with Crippen molar-refractivity contribution in [3.8, 4) is 29.2 Å². The monoisotopic (exact) mass is 276 g/mol. The van der Waals surface area contributed by atoms with Gasteiger partial charge in [0.15, 0.2) is 0 Å². The molecule has 0 atom stereocenters. The van der Waals surface area contributed by atoms with Crippen LogP contribution in [0.4, 0.5) is 13.2 Å². The van der Waals surface area contributed by atoms with Crippen molar-refractivity contribution in [1.29, 1.82) is 0 Å². The van der Waals surface area contributed by atoms with E-state index in [0.29, 0.717) is 11.1 Å². The maximum absolute atomic E-state index is 12.3. The van der Waals surface area contributed by atoms with Gasteiger partial charge in [0.25, 0.3) is 0 Å². The predicted molar refractivity (Wildman–Crippen MR) is 71.2 cm³/mol. The van der Waals surface area contributed by atoms with Crippen LogP contribution >= 0.6 is 0 Å². The molecule has 1 nitrogen and oxygen atoms in total. The highest BCUT2D eigenvalue weighted by atomic mass is 19.4. The molecule has 0 fully saturated rings. The first-order valence-corrected chi connectivity index (χ1v) is 5.82. The summed E-state index contributed by atoms with van der Waals surface area (Å²) in [6.07, 6.45) is 0.528. The van der Waals surface area contributed by atoms with Gasteiger partial charge in [-0.15, -0.1) is 19.6 Å². The zero-order valence-electron chi connectivity index (χ0n) is 10.7. The van der Waals surface area contributed by atoms with Gasteiger partial charge in [0.1, 0.15) is 5.75 Å². The van der Waals surface area contributed by atoms with Gasteiger partial charge in [-0.1, -0.05) is 35.7 Å². The number of alkyl halides is 3. The fourth-order valence-corrected chi connectivity index (χ4v) is 1.79. The summed E-state index contributed by atoms with van der Waals surface area (Å²) in [4.78, 5) is 0. The third-order valence-corrected chi connectivity index (χ3v) is 2.69. The topological polar surface area (TPSA) is 9.23 Å². The Labute approximate surface area is 115 Å². The highest BCUT2D eigenvalue weighted by Gasteiger charge is 2.31. The highest BCUT2D eigenvalue weighted by Crippen LogP contribution is 2.29. The number of hydrogen-bond donors (Lipinski definition) is 0. The number of halogens is 3. The van der Waals surface area contributed by atoms with Crippen LogP contribution in [0.1, 0.15) is 11.1 Å². The van der Waals surface area contributed by atoms with Crippen LogP contribution in [0.25, 0.3) is 11.1 Å². The van der Waals surface area contributed by atoms with Gasteiger partial charge in [-0.2, -0.15) is 0 Å². The number of aryl methyl sites for hydroxylation is 1. The van der Waals surface area contributed by atoms with Crippen LogP contribution in [0.15, 0.2) is 42.5 Å². The van der Waals surface area contributed by atoms with Gasteiger partial charge in [0.2, 0.25) is 0 Å². The van der Waals surface area contributed by atoms with Gasteiger partial charge in [-0.25, -0.2) is 0 Å². The first-order chi connectivity index (χ1) is 9.37.